The normalized spacial score (nSPS) is 13.8. The second-order valence-corrected chi connectivity index (χ2v) is 6.28. The number of rotatable bonds is 4. The van der Waals surface area contributed by atoms with Crippen molar-refractivity contribution in [3.63, 3.8) is 0 Å². The zero-order valence-electron chi connectivity index (χ0n) is 12.8. The van der Waals surface area contributed by atoms with E-state index in [9.17, 15) is 14.9 Å². The van der Waals surface area contributed by atoms with Crippen LogP contribution in [-0.4, -0.2) is 33.8 Å². The molecule has 0 unspecified atom stereocenters. The first-order valence-corrected chi connectivity index (χ1v) is 8.28. The van der Waals surface area contributed by atoms with Crippen molar-refractivity contribution < 1.29 is 9.72 Å². The Kier molecular flexibility index (Phi) is 4.90. The Morgan fingerprint density at radius 3 is 2.79 bits per heavy atom. The minimum Gasteiger partial charge on any atom is -0.335 e. The molecule has 0 radical (unpaired) electrons. The van der Waals surface area contributed by atoms with Gasteiger partial charge in [0, 0.05) is 30.9 Å². The first kappa shape index (κ1) is 16.2. The van der Waals surface area contributed by atoms with Crippen LogP contribution in [0, 0.1) is 10.1 Å². The van der Waals surface area contributed by atoms with Crippen molar-refractivity contribution in [2.45, 2.75) is 16.3 Å². The summed E-state index contributed by atoms with van der Waals surface area (Å²) in [6, 6.07) is 10.00. The van der Waals surface area contributed by atoms with Crippen LogP contribution in [0.5, 0.6) is 0 Å². The average molecular weight is 341 g/mol. The predicted octanol–water partition coefficient (Wildman–Crippen LogP) is 3.54. The molecule has 0 saturated heterocycles. The van der Waals surface area contributed by atoms with Crippen molar-refractivity contribution in [3.8, 4) is 0 Å². The molecule has 3 rings (SSSR count). The zero-order valence-corrected chi connectivity index (χ0v) is 13.6. The van der Waals surface area contributed by atoms with Gasteiger partial charge in [0.2, 0.25) is 0 Å². The molecular weight excluding hydrogens is 326 g/mol. The molecule has 24 heavy (non-hydrogen) atoms. The molecule has 1 aliphatic heterocycles. The molecule has 2 heterocycles. The second kappa shape index (κ2) is 7.27. The molecule has 0 atom stereocenters. The zero-order chi connectivity index (χ0) is 16.9. The SMILES string of the molecule is O=C(c1ccc(Sc2ccccn2)c([N+](=O)[O-])c1)N1CC=CCC1. The highest BCUT2D eigenvalue weighted by atomic mass is 32.2. The van der Waals surface area contributed by atoms with Gasteiger partial charge in [-0.3, -0.25) is 14.9 Å². The summed E-state index contributed by atoms with van der Waals surface area (Å²) < 4.78 is 0. The Bertz CT molecular complexity index is 793. The van der Waals surface area contributed by atoms with Gasteiger partial charge in [-0.1, -0.05) is 30.0 Å². The van der Waals surface area contributed by atoms with Crippen LogP contribution in [0.25, 0.3) is 0 Å². The number of nitro benzene ring substituents is 1. The first-order valence-electron chi connectivity index (χ1n) is 7.47. The lowest BCUT2D eigenvalue weighted by molar-refractivity contribution is -0.387. The predicted molar refractivity (Wildman–Crippen MR) is 91.1 cm³/mol. The van der Waals surface area contributed by atoms with Gasteiger partial charge in [0.15, 0.2) is 0 Å². The maximum atomic E-state index is 12.5. The summed E-state index contributed by atoms with van der Waals surface area (Å²) in [6.45, 7) is 1.17. The van der Waals surface area contributed by atoms with Crippen LogP contribution >= 0.6 is 11.8 Å². The van der Waals surface area contributed by atoms with Crippen LogP contribution in [-0.2, 0) is 0 Å². The monoisotopic (exact) mass is 341 g/mol. The fraction of sp³-hybridized carbons (Fsp3) is 0.176. The third-order valence-electron chi connectivity index (χ3n) is 3.60. The Morgan fingerprint density at radius 2 is 2.12 bits per heavy atom. The number of benzene rings is 1. The van der Waals surface area contributed by atoms with Gasteiger partial charge < -0.3 is 4.90 Å². The van der Waals surface area contributed by atoms with Crippen molar-refractivity contribution in [2.24, 2.45) is 0 Å². The largest absolute Gasteiger partial charge is 0.335 e. The summed E-state index contributed by atoms with van der Waals surface area (Å²) in [5.41, 5.74) is 0.256. The molecule has 122 valence electrons. The van der Waals surface area contributed by atoms with Crippen LogP contribution in [0.15, 0.2) is 64.7 Å². The van der Waals surface area contributed by atoms with E-state index >= 15 is 0 Å². The molecule has 0 aliphatic carbocycles. The van der Waals surface area contributed by atoms with Crippen molar-refractivity contribution >= 4 is 23.4 Å². The number of nitrogens with zero attached hydrogens (tertiary/aromatic N) is 3. The number of aromatic nitrogens is 1. The molecule has 6 nitrogen and oxygen atoms in total. The summed E-state index contributed by atoms with van der Waals surface area (Å²) in [7, 11) is 0. The van der Waals surface area contributed by atoms with E-state index in [0.29, 0.717) is 28.6 Å². The molecule has 1 aromatic carbocycles. The maximum absolute atomic E-state index is 12.5. The van der Waals surface area contributed by atoms with E-state index in [-0.39, 0.29) is 11.6 Å². The van der Waals surface area contributed by atoms with Gasteiger partial charge in [0.25, 0.3) is 11.6 Å². The van der Waals surface area contributed by atoms with E-state index < -0.39 is 4.92 Å². The topological polar surface area (TPSA) is 76.3 Å². The molecule has 0 spiro atoms. The molecule has 0 N–H and O–H groups in total. The van der Waals surface area contributed by atoms with E-state index in [1.165, 1.54) is 17.8 Å². The Labute approximate surface area is 143 Å². The fourth-order valence-corrected chi connectivity index (χ4v) is 3.27. The average Bonchev–Trinajstić information content (AvgIpc) is 2.63. The van der Waals surface area contributed by atoms with Gasteiger partial charge in [0.05, 0.1) is 9.82 Å². The summed E-state index contributed by atoms with van der Waals surface area (Å²) in [5, 5.41) is 12.1. The fourth-order valence-electron chi connectivity index (χ4n) is 2.41. The molecule has 1 aliphatic rings. The minimum atomic E-state index is -0.460. The summed E-state index contributed by atoms with van der Waals surface area (Å²) in [5.74, 6) is -0.183. The van der Waals surface area contributed by atoms with Crippen molar-refractivity contribution in [2.75, 3.05) is 13.1 Å². The Morgan fingerprint density at radius 1 is 1.25 bits per heavy atom. The van der Waals surface area contributed by atoms with E-state index in [1.807, 2.05) is 18.2 Å². The van der Waals surface area contributed by atoms with Gasteiger partial charge in [0.1, 0.15) is 5.03 Å². The lowest BCUT2D eigenvalue weighted by Gasteiger charge is -2.23. The smallest absolute Gasteiger partial charge is 0.284 e. The molecule has 1 amide bonds. The molecule has 0 fully saturated rings. The van der Waals surface area contributed by atoms with Gasteiger partial charge in [-0.05, 0) is 30.7 Å². The molecule has 0 saturated carbocycles. The van der Waals surface area contributed by atoms with Crippen LogP contribution in [0.4, 0.5) is 5.69 Å². The summed E-state index contributed by atoms with van der Waals surface area (Å²) in [4.78, 5) is 29.7. The standard InChI is InChI=1S/C17H15N3O3S/c21-17(19-10-4-1-5-11-19)13-7-8-15(14(12-13)20(22)23)24-16-6-2-3-9-18-16/h1-4,6-9,12H,5,10-11H2. The molecular formula is C17H15N3O3S. The van der Waals surface area contributed by atoms with E-state index in [4.69, 9.17) is 0 Å². The van der Waals surface area contributed by atoms with E-state index in [0.717, 1.165) is 6.42 Å². The number of nitro groups is 1. The Balaban J connectivity index is 1.88. The quantitative estimate of drug-likeness (QED) is 0.483. The van der Waals surface area contributed by atoms with Crippen molar-refractivity contribution in [1.29, 1.82) is 0 Å². The van der Waals surface area contributed by atoms with Gasteiger partial charge in [-0.2, -0.15) is 0 Å². The van der Waals surface area contributed by atoms with Gasteiger partial charge in [-0.15, -0.1) is 0 Å². The van der Waals surface area contributed by atoms with Crippen LogP contribution < -0.4 is 0 Å². The number of carbonyl (C=O) groups is 1. The first-order chi connectivity index (χ1) is 11.6. The minimum absolute atomic E-state index is 0.0796. The lowest BCUT2D eigenvalue weighted by atomic mass is 10.1. The maximum Gasteiger partial charge on any atom is 0.284 e. The highest BCUT2D eigenvalue weighted by Crippen LogP contribution is 2.34. The summed E-state index contributed by atoms with van der Waals surface area (Å²) in [6.07, 6.45) is 6.40. The highest BCUT2D eigenvalue weighted by molar-refractivity contribution is 7.99. The Hall–Kier alpha value is -2.67. The third kappa shape index (κ3) is 3.62. The molecule has 7 heteroatoms. The highest BCUT2D eigenvalue weighted by Gasteiger charge is 2.22. The molecule has 2 aromatic rings. The number of pyridine rings is 1. The second-order valence-electron chi connectivity index (χ2n) is 5.22. The third-order valence-corrected chi connectivity index (χ3v) is 4.62. The van der Waals surface area contributed by atoms with Crippen molar-refractivity contribution in [3.05, 3.63) is 70.4 Å². The lowest BCUT2D eigenvalue weighted by Crippen LogP contribution is -2.33. The van der Waals surface area contributed by atoms with E-state index in [1.54, 1.807) is 35.4 Å². The van der Waals surface area contributed by atoms with Crippen molar-refractivity contribution in [1.82, 2.24) is 9.88 Å². The number of hydrogen-bond acceptors (Lipinski definition) is 5. The van der Waals surface area contributed by atoms with Gasteiger partial charge in [-0.25, -0.2) is 4.98 Å². The summed E-state index contributed by atoms with van der Waals surface area (Å²) >= 11 is 1.21. The van der Waals surface area contributed by atoms with Crippen LogP contribution in [0.3, 0.4) is 0 Å². The van der Waals surface area contributed by atoms with Crippen LogP contribution in [0.2, 0.25) is 0 Å². The van der Waals surface area contributed by atoms with Crippen LogP contribution in [0.1, 0.15) is 16.8 Å². The van der Waals surface area contributed by atoms with E-state index in [2.05, 4.69) is 4.98 Å². The number of hydrogen-bond donors (Lipinski definition) is 0. The number of amides is 1. The molecule has 0 bridgehead atoms. The van der Waals surface area contributed by atoms with Gasteiger partial charge >= 0.3 is 0 Å². The molecule has 1 aromatic heterocycles. The number of carbonyl (C=O) groups excluding carboxylic acids is 1.